The van der Waals surface area contributed by atoms with Crippen molar-refractivity contribution in [1.82, 2.24) is 9.78 Å². The van der Waals surface area contributed by atoms with Crippen LogP contribution in [0.1, 0.15) is 23.0 Å². The summed E-state index contributed by atoms with van der Waals surface area (Å²) >= 11 is 20.2. The van der Waals surface area contributed by atoms with E-state index < -0.39 is 5.91 Å². The highest BCUT2D eigenvalue weighted by Gasteiger charge is 2.28. The highest BCUT2D eigenvalue weighted by atomic mass is 35.5. The zero-order valence-corrected chi connectivity index (χ0v) is 20.8. The van der Waals surface area contributed by atoms with Crippen molar-refractivity contribution in [2.45, 2.75) is 13.3 Å². The van der Waals surface area contributed by atoms with Crippen molar-refractivity contribution in [2.24, 2.45) is 5.84 Å². The van der Waals surface area contributed by atoms with Gasteiger partial charge in [0.2, 0.25) is 0 Å². The molecule has 33 heavy (non-hydrogen) atoms. The Kier molecular flexibility index (Phi) is 6.97. The topological polar surface area (TPSA) is 73.4 Å². The van der Waals surface area contributed by atoms with Gasteiger partial charge in [0.05, 0.1) is 38.4 Å². The summed E-state index contributed by atoms with van der Waals surface area (Å²) in [7, 11) is 1.57. The minimum absolute atomic E-state index is 0.223. The largest absolute Gasteiger partial charge is 0.497 e. The van der Waals surface area contributed by atoms with Crippen molar-refractivity contribution in [3.8, 4) is 22.0 Å². The van der Waals surface area contributed by atoms with Crippen molar-refractivity contribution in [2.75, 3.05) is 12.1 Å². The average molecular weight is 522 g/mol. The first-order chi connectivity index (χ1) is 15.8. The summed E-state index contributed by atoms with van der Waals surface area (Å²) in [4.78, 5) is 14.3. The average Bonchev–Trinajstić information content (AvgIpc) is 3.41. The number of amides is 1. The molecule has 10 heteroatoms. The molecule has 170 valence electrons. The normalized spacial score (nSPS) is 11.0. The second-order valence-electron chi connectivity index (χ2n) is 7.01. The lowest BCUT2D eigenvalue weighted by molar-refractivity contribution is 0.0981. The lowest BCUT2D eigenvalue weighted by atomic mass is 10.1. The number of anilines is 1. The number of aromatic nitrogens is 2. The van der Waals surface area contributed by atoms with E-state index in [-0.39, 0.29) is 5.69 Å². The van der Waals surface area contributed by atoms with Gasteiger partial charge >= 0.3 is 0 Å². The van der Waals surface area contributed by atoms with Crippen molar-refractivity contribution in [3.05, 3.63) is 80.2 Å². The van der Waals surface area contributed by atoms with Gasteiger partial charge in [0.25, 0.3) is 5.91 Å². The molecule has 4 aromatic rings. The maximum Gasteiger partial charge on any atom is 0.293 e. The van der Waals surface area contributed by atoms with E-state index in [2.05, 4.69) is 5.10 Å². The predicted molar refractivity (Wildman–Crippen MR) is 135 cm³/mol. The van der Waals surface area contributed by atoms with Gasteiger partial charge in [-0.2, -0.15) is 5.10 Å². The summed E-state index contributed by atoms with van der Waals surface area (Å²) in [5.41, 5.74) is 2.77. The minimum atomic E-state index is -0.454. The molecule has 0 aliphatic rings. The van der Waals surface area contributed by atoms with Gasteiger partial charge in [-0.05, 0) is 61.0 Å². The number of rotatable bonds is 6. The molecule has 0 saturated carbocycles. The molecule has 4 rings (SSSR count). The van der Waals surface area contributed by atoms with Gasteiger partial charge in [-0.3, -0.25) is 4.79 Å². The van der Waals surface area contributed by atoms with Crippen LogP contribution in [0.5, 0.6) is 5.75 Å². The fraction of sp³-hybridized carbons (Fsp3) is 0.130. The zero-order chi connectivity index (χ0) is 23.7. The number of hydrazine groups is 1. The molecule has 0 bridgehead atoms. The Bertz CT molecular complexity index is 1320. The van der Waals surface area contributed by atoms with Crippen LogP contribution in [-0.4, -0.2) is 22.8 Å². The maximum absolute atomic E-state index is 13.5. The lowest BCUT2D eigenvalue weighted by Gasteiger charge is -2.16. The molecule has 0 aliphatic carbocycles. The molecular formula is C23H19Cl3N4O2S. The van der Waals surface area contributed by atoms with E-state index in [4.69, 9.17) is 45.4 Å². The summed E-state index contributed by atoms with van der Waals surface area (Å²) < 4.78 is 7.44. The molecular weight excluding hydrogens is 503 g/mol. The van der Waals surface area contributed by atoms with E-state index in [9.17, 15) is 4.79 Å². The van der Waals surface area contributed by atoms with E-state index in [0.717, 1.165) is 21.1 Å². The Morgan fingerprint density at radius 1 is 1.12 bits per heavy atom. The molecule has 2 heterocycles. The fourth-order valence-electron chi connectivity index (χ4n) is 3.45. The van der Waals surface area contributed by atoms with Crippen molar-refractivity contribution in [3.63, 3.8) is 0 Å². The lowest BCUT2D eigenvalue weighted by Crippen LogP contribution is -2.38. The number of methoxy groups -OCH3 is 1. The Balaban J connectivity index is 1.88. The van der Waals surface area contributed by atoms with Crippen LogP contribution in [0, 0.1) is 0 Å². The Morgan fingerprint density at radius 2 is 1.85 bits per heavy atom. The second kappa shape index (κ2) is 9.75. The number of halogens is 3. The monoisotopic (exact) mass is 520 g/mol. The number of thiophene rings is 1. The molecule has 1 amide bonds. The molecule has 0 fully saturated rings. The van der Waals surface area contributed by atoms with Gasteiger partial charge in [0.15, 0.2) is 5.69 Å². The van der Waals surface area contributed by atoms with E-state index in [0.29, 0.717) is 37.9 Å². The Hall–Kier alpha value is -2.55. The first-order valence-corrected chi connectivity index (χ1v) is 11.8. The summed E-state index contributed by atoms with van der Waals surface area (Å²) in [6, 6.07) is 15.7. The van der Waals surface area contributed by atoms with E-state index >= 15 is 0 Å². The van der Waals surface area contributed by atoms with Gasteiger partial charge in [-0.25, -0.2) is 15.5 Å². The summed E-state index contributed by atoms with van der Waals surface area (Å²) in [5, 5.41) is 6.63. The molecule has 0 unspecified atom stereocenters. The Labute approximate surface area is 210 Å². The zero-order valence-electron chi connectivity index (χ0n) is 17.7. The number of hydrogen-bond acceptors (Lipinski definition) is 5. The third-order valence-corrected chi connectivity index (χ3v) is 6.83. The summed E-state index contributed by atoms with van der Waals surface area (Å²) in [6.45, 7) is 1.95. The van der Waals surface area contributed by atoms with Gasteiger partial charge in [-0.1, -0.05) is 41.7 Å². The van der Waals surface area contributed by atoms with Crippen LogP contribution in [0.4, 0.5) is 5.69 Å². The molecule has 0 spiro atoms. The maximum atomic E-state index is 13.5. The van der Waals surface area contributed by atoms with Gasteiger partial charge in [0.1, 0.15) is 5.75 Å². The molecule has 2 aromatic heterocycles. The van der Waals surface area contributed by atoms with Gasteiger partial charge in [0, 0.05) is 10.6 Å². The van der Waals surface area contributed by atoms with Crippen LogP contribution >= 0.6 is 46.1 Å². The van der Waals surface area contributed by atoms with Crippen molar-refractivity contribution >= 4 is 57.7 Å². The first-order valence-electron chi connectivity index (χ1n) is 9.90. The number of hydrogen-bond donors (Lipinski definition) is 1. The SMILES string of the molecule is CCc1c(C(=O)N(N)c2ccc(OC)cc2)nn(-c2ccc(Cl)cc2Cl)c1-c1ccc(Cl)s1. The Morgan fingerprint density at radius 3 is 2.42 bits per heavy atom. The van der Waals surface area contributed by atoms with Crippen LogP contribution in [0.3, 0.4) is 0 Å². The minimum Gasteiger partial charge on any atom is -0.497 e. The second-order valence-corrected chi connectivity index (χ2v) is 9.57. The third-order valence-electron chi connectivity index (χ3n) is 5.05. The van der Waals surface area contributed by atoms with E-state index in [1.54, 1.807) is 60.3 Å². The number of nitrogens with two attached hydrogens (primary N) is 1. The molecule has 6 nitrogen and oxygen atoms in total. The third kappa shape index (κ3) is 4.60. The molecule has 0 atom stereocenters. The van der Waals surface area contributed by atoms with Crippen molar-refractivity contribution < 1.29 is 9.53 Å². The van der Waals surface area contributed by atoms with Crippen LogP contribution in [0.15, 0.2) is 54.6 Å². The standard InChI is InChI=1S/C23H19Cl3N4O2S/c1-3-16-21(23(31)29(27)14-5-7-15(32-2)8-6-14)28-30(18-9-4-13(24)12-17(18)25)22(16)19-10-11-20(26)33-19/h4-12H,3,27H2,1-2H3. The van der Waals surface area contributed by atoms with Gasteiger partial charge in [-0.15, -0.1) is 11.3 Å². The number of nitrogens with zero attached hydrogens (tertiary/aromatic N) is 3. The van der Waals surface area contributed by atoms with E-state index in [1.807, 2.05) is 13.0 Å². The highest BCUT2D eigenvalue weighted by molar-refractivity contribution is 7.19. The predicted octanol–water partition coefficient (Wildman–Crippen LogP) is 6.65. The van der Waals surface area contributed by atoms with E-state index in [1.165, 1.54) is 11.3 Å². The molecule has 2 N–H and O–H groups in total. The number of ether oxygens (including phenoxy) is 1. The van der Waals surface area contributed by atoms with Crippen LogP contribution in [0.2, 0.25) is 14.4 Å². The first kappa shape index (κ1) is 23.6. The molecule has 0 aliphatic heterocycles. The van der Waals surface area contributed by atoms with Crippen LogP contribution in [-0.2, 0) is 6.42 Å². The number of carbonyl (C=O) groups is 1. The molecule has 2 aromatic carbocycles. The fourth-order valence-corrected chi connectivity index (χ4v) is 5.04. The summed E-state index contributed by atoms with van der Waals surface area (Å²) in [5.74, 6) is 6.41. The van der Waals surface area contributed by atoms with Crippen LogP contribution < -0.4 is 15.6 Å². The molecule has 0 saturated heterocycles. The summed E-state index contributed by atoms with van der Waals surface area (Å²) in [6.07, 6.45) is 0.535. The number of carbonyl (C=O) groups excluding carboxylic acids is 1. The van der Waals surface area contributed by atoms with Crippen LogP contribution in [0.25, 0.3) is 16.3 Å². The molecule has 0 radical (unpaired) electrons. The van der Waals surface area contributed by atoms with Gasteiger partial charge < -0.3 is 4.74 Å². The van der Waals surface area contributed by atoms with Crippen molar-refractivity contribution in [1.29, 1.82) is 0 Å². The number of benzene rings is 2. The highest BCUT2D eigenvalue weighted by Crippen LogP contribution is 2.38. The smallest absolute Gasteiger partial charge is 0.293 e. The quantitative estimate of drug-likeness (QED) is 0.175.